The van der Waals surface area contributed by atoms with E-state index >= 15 is 0 Å². The van der Waals surface area contributed by atoms with Gasteiger partial charge in [0.1, 0.15) is 11.5 Å². The van der Waals surface area contributed by atoms with Crippen molar-refractivity contribution >= 4 is 35.7 Å². The van der Waals surface area contributed by atoms with Crippen LogP contribution in [0.15, 0.2) is 54.7 Å². The zero-order chi connectivity index (χ0) is 22.5. The van der Waals surface area contributed by atoms with Gasteiger partial charge in [0.15, 0.2) is 0 Å². The maximum Gasteiger partial charge on any atom is 0.221 e. The summed E-state index contributed by atoms with van der Waals surface area (Å²) in [5, 5.41) is 17.6. The molecule has 4 aromatic rings. The fourth-order valence-corrected chi connectivity index (χ4v) is 4.24. The molecule has 0 saturated carbocycles. The lowest BCUT2D eigenvalue weighted by atomic mass is 10.1. The summed E-state index contributed by atoms with van der Waals surface area (Å²) < 4.78 is 3.74. The van der Waals surface area contributed by atoms with Crippen LogP contribution in [0, 0.1) is 11.3 Å². The van der Waals surface area contributed by atoms with Crippen LogP contribution in [0.1, 0.15) is 11.3 Å². The molecule has 0 unspecified atom stereocenters. The van der Waals surface area contributed by atoms with Crippen molar-refractivity contribution in [3.8, 4) is 28.7 Å². The number of rotatable bonds is 7. The summed E-state index contributed by atoms with van der Waals surface area (Å²) >= 11 is 3.20. The van der Waals surface area contributed by atoms with E-state index in [1.165, 1.54) is 0 Å². The van der Waals surface area contributed by atoms with Gasteiger partial charge in [-0.1, -0.05) is 23.4 Å². The van der Waals surface area contributed by atoms with E-state index in [0.29, 0.717) is 29.2 Å². The summed E-state index contributed by atoms with van der Waals surface area (Å²) in [7, 11) is 0. The maximum absolute atomic E-state index is 9.16. The third-order valence-corrected chi connectivity index (χ3v) is 6.40. The average molecular weight is 462 g/mol. The highest BCUT2D eigenvalue weighted by molar-refractivity contribution is 8.17. The van der Waals surface area contributed by atoms with Crippen molar-refractivity contribution in [3.05, 3.63) is 66.0 Å². The predicted octanol–water partition coefficient (Wildman–Crippen LogP) is 3.66. The minimum absolute atomic E-state index is 0.123. The Morgan fingerprint density at radius 1 is 1.00 bits per heavy atom. The van der Waals surface area contributed by atoms with Crippen LogP contribution in [-0.2, 0) is 6.54 Å². The highest BCUT2D eigenvalue weighted by Gasteiger charge is 2.12. The molecule has 0 fully saturated rings. The summed E-state index contributed by atoms with van der Waals surface area (Å²) in [5.74, 6) is 0.994. The van der Waals surface area contributed by atoms with Crippen molar-refractivity contribution in [2.24, 2.45) is 0 Å². The zero-order valence-corrected chi connectivity index (χ0v) is 19.0. The minimum atomic E-state index is 0.123. The smallest absolute Gasteiger partial charge is 0.221 e. The number of hydrogen-bond acceptors (Lipinski definition) is 10. The molecule has 0 atom stereocenters. The van der Waals surface area contributed by atoms with Gasteiger partial charge in [0.2, 0.25) is 5.95 Å². The summed E-state index contributed by atoms with van der Waals surface area (Å²) in [5.41, 5.74) is 9.87. The van der Waals surface area contributed by atoms with Crippen LogP contribution in [0.25, 0.3) is 22.6 Å². The van der Waals surface area contributed by atoms with E-state index in [1.807, 2.05) is 40.5 Å². The van der Waals surface area contributed by atoms with Crippen molar-refractivity contribution in [2.45, 2.75) is 6.54 Å². The van der Waals surface area contributed by atoms with Crippen LogP contribution in [-0.4, -0.2) is 42.5 Å². The molecule has 0 bridgehead atoms. The van der Waals surface area contributed by atoms with Gasteiger partial charge in [-0.25, -0.2) is 23.3 Å². The first kappa shape index (κ1) is 21.6. The molecule has 3 heterocycles. The van der Waals surface area contributed by atoms with Crippen LogP contribution < -0.4 is 9.44 Å². The Morgan fingerprint density at radius 3 is 2.56 bits per heavy atom. The quantitative estimate of drug-likeness (QED) is 0.408. The Morgan fingerprint density at radius 2 is 1.78 bits per heavy atom. The second kappa shape index (κ2) is 9.67. The van der Waals surface area contributed by atoms with Gasteiger partial charge in [0, 0.05) is 18.1 Å². The van der Waals surface area contributed by atoms with Gasteiger partial charge in [-0.05, 0) is 54.2 Å². The zero-order valence-electron chi connectivity index (χ0n) is 17.4. The van der Waals surface area contributed by atoms with Gasteiger partial charge in [-0.15, -0.1) is 5.10 Å². The number of anilines is 2. The lowest BCUT2D eigenvalue weighted by Crippen LogP contribution is -2.07. The molecule has 4 rings (SSSR count). The number of benzene rings is 1. The Balaban J connectivity index is 1.60. The fraction of sp³-hybridized carbons (Fsp3) is 0.143. The Hall–Kier alpha value is -3.62. The van der Waals surface area contributed by atoms with Gasteiger partial charge in [-0.3, -0.25) is 0 Å². The predicted molar refractivity (Wildman–Crippen MR) is 128 cm³/mol. The Labute approximate surface area is 194 Å². The van der Waals surface area contributed by atoms with Crippen molar-refractivity contribution in [1.29, 1.82) is 5.26 Å². The third kappa shape index (κ3) is 4.82. The third-order valence-electron chi connectivity index (χ3n) is 4.47. The number of nitrogen functional groups attached to an aromatic ring is 1. The molecule has 11 heteroatoms. The lowest BCUT2D eigenvalue weighted by Gasteiger charge is -2.16. The number of nitrogens with zero attached hydrogens (tertiary/aromatic N) is 8. The summed E-state index contributed by atoms with van der Waals surface area (Å²) in [6, 6.07) is 17.0. The molecule has 0 saturated heterocycles. The molecule has 0 amide bonds. The second-order valence-corrected chi connectivity index (χ2v) is 8.29. The first-order valence-electron chi connectivity index (χ1n) is 9.49. The number of pyridine rings is 1. The molecule has 2 N–H and O–H groups in total. The molecule has 0 aliphatic rings. The number of aromatic nitrogens is 6. The van der Waals surface area contributed by atoms with Crippen molar-refractivity contribution in [2.75, 3.05) is 22.0 Å². The number of nitriles is 1. The minimum Gasteiger partial charge on any atom is -0.368 e. The van der Waals surface area contributed by atoms with Gasteiger partial charge < -0.3 is 5.73 Å². The van der Waals surface area contributed by atoms with Crippen molar-refractivity contribution in [3.63, 3.8) is 0 Å². The van der Waals surface area contributed by atoms with E-state index in [4.69, 9.17) is 16.0 Å². The fourth-order valence-electron chi connectivity index (χ4n) is 3.07. The normalized spacial score (nSPS) is 10.7. The molecule has 160 valence electrons. The molecule has 0 aliphatic heterocycles. The van der Waals surface area contributed by atoms with E-state index in [1.54, 1.807) is 59.0 Å². The molecular formula is C21H19N9S2. The molecule has 0 spiro atoms. The molecule has 0 radical (unpaired) electrons. The van der Waals surface area contributed by atoms with Gasteiger partial charge >= 0.3 is 0 Å². The average Bonchev–Trinajstić information content (AvgIpc) is 3.28. The molecular weight excluding hydrogens is 442 g/mol. The summed E-state index contributed by atoms with van der Waals surface area (Å²) in [4.78, 5) is 13.3. The van der Waals surface area contributed by atoms with E-state index in [9.17, 15) is 0 Å². The maximum atomic E-state index is 9.16. The van der Waals surface area contributed by atoms with E-state index in [-0.39, 0.29) is 5.95 Å². The Bertz CT molecular complexity index is 1280. The molecule has 1 aromatic carbocycles. The summed E-state index contributed by atoms with van der Waals surface area (Å²) in [6.45, 7) is 0.467. The molecule has 3 aromatic heterocycles. The SMILES string of the molecule is CSN(SC)c1cccc(Cn2cc(-c3cc(-c4cccc(C#N)c4)nc(N)n3)nn2)n1. The summed E-state index contributed by atoms with van der Waals surface area (Å²) in [6.07, 6.45) is 5.81. The number of hydrogen-bond donors (Lipinski definition) is 1. The van der Waals surface area contributed by atoms with Gasteiger partial charge in [-0.2, -0.15) is 5.26 Å². The van der Waals surface area contributed by atoms with E-state index < -0.39 is 0 Å². The van der Waals surface area contributed by atoms with Gasteiger partial charge in [0.25, 0.3) is 0 Å². The first-order valence-corrected chi connectivity index (χ1v) is 11.9. The lowest BCUT2D eigenvalue weighted by molar-refractivity contribution is 0.639. The standard InChI is InChI=1S/C21H19N9S2/c1-31-30(32-2)20-8-4-7-16(24-20)12-29-13-19(27-28-29)18-10-17(25-21(23)26-18)15-6-3-5-14(9-15)11-22/h3-10,13H,12H2,1-2H3,(H2,23,25,26). The molecule has 32 heavy (non-hydrogen) atoms. The molecule has 0 aliphatic carbocycles. The van der Waals surface area contributed by atoms with Crippen molar-refractivity contribution < 1.29 is 0 Å². The van der Waals surface area contributed by atoms with Crippen LogP contribution in [0.2, 0.25) is 0 Å². The topological polar surface area (TPSA) is 122 Å². The molecule has 9 nitrogen and oxygen atoms in total. The van der Waals surface area contributed by atoms with Crippen LogP contribution in [0.4, 0.5) is 11.8 Å². The second-order valence-electron chi connectivity index (χ2n) is 6.60. The Kier molecular flexibility index (Phi) is 6.53. The van der Waals surface area contributed by atoms with Crippen LogP contribution in [0.5, 0.6) is 0 Å². The first-order chi connectivity index (χ1) is 15.6. The highest BCUT2D eigenvalue weighted by atomic mass is 32.2. The van der Waals surface area contributed by atoms with Crippen LogP contribution >= 0.6 is 23.9 Å². The monoisotopic (exact) mass is 461 g/mol. The van der Waals surface area contributed by atoms with Gasteiger partial charge in [0.05, 0.1) is 41.5 Å². The van der Waals surface area contributed by atoms with Crippen molar-refractivity contribution in [1.82, 2.24) is 29.9 Å². The number of nitrogens with two attached hydrogens (primary N) is 1. The van der Waals surface area contributed by atoms with Crippen LogP contribution in [0.3, 0.4) is 0 Å². The largest absolute Gasteiger partial charge is 0.368 e. The highest BCUT2D eigenvalue weighted by Crippen LogP contribution is 2.26. The van der Waals surface area contributed by atoms with E-state index in [2.05, 4.69) is 26.3 Å². The van der Waals surface area contributed by atoms with E-state index in [0.717, 1.165) is 17.1 Å².